The lowest BCUT2D eigenvalue weighted by molar-refractivity contribution is -0.314. The zero-order valence-electron chi connectivity index (χ0n) is 13.1. The van der Waals surface area contributed by atoms with Gasteiger partial charge < -0.3 is 18.8 Å². The van der Waals surface area contributed by atoms with E-state index in [1.54, 1.807) is 0 Å². The van der Waals surface area contributed by atoms with Gasteiger partial charge in [0, 0.05) is 0 Å². The Balaban J connectivity index is 3.14. The van der Waals surface area contributed by atoms with Crippen molar-refractivity contribution in [3.8, 4) is 0 Å². The zero-order valence-corrected chi connectivity index (χ0v) is 13.9. The Bertz CT molecular complexity index is 678. The average molecular weight is 374 g/mol. The Hall–Kier alpha value is -1.98. The number of ether oxygens (including phenoxy) is 1. The van der Waals surface area contributed by atoms with Gasteiger partial charge in [0.25, 0.3) is 0 Å². The summed E-state index contributed by atoms with van der Waals surface area (Å²) >= 11 is 0. The summed E-state index contributed by atoms with van der Waals surface area (Å²) in [6, 6.07) is 0. The minimum atomic E-state index is -6.00. The van der Waals surface area contributed by atoms with Gasteiger partial charge in [-0.15, -0.1) is 0 Å². The summed E-state index contributed by atoms with van der Waals surface area (Å²) in [7, 11) is -6.00. The molecule has 0 aromatic rings. The molecule has 138 valence electrons. The van der Waals surface area contributed by atoms with E-state index in [4.69, 9.17) is 4.74 Å². The molecule has 0 aliphatic carbocycles. The van der Waals surface area contributed by atoms with E-state index >= 15 is 0 Å². The molecule has 8 nitrogen and oxygen atoms in total. The molecule has 0 saturated heterocycles. The Morgan fingerprint density at radius 2 is 1.79 bits per heavy atom. The topological polar surface area (TPSA) is 113 Å². The van der Waals surface area contributed by atoms with Crippen LogP contribution in [0.1, 0.15) is 27.7 Å². The van der Waals surface area contributed by atoms with Crippen molar-refractivity contribution in [3.63, 3.8) is 0 Å². The van der Waals surface area contributed by atoms with Crippen molar-refractivity contribution in [2.75, 3.05) is 6.54 Å². The number of carboxylic acid groups (broad SMARTS) is 1. The average Bonchev–Trinajstić information content (AvgIpc) is 2.63. The molecule has 0 unspecified atom stereocenters. The van der Waals surface area contributed by atoms with Gasteiger partial charge in [0.15, 0.2) is 0 Å². The standard InChI is InChI=1S/C12H16F3NO7S/c1-10(2,3)22-9(19)16-6-7(5-11(16,4)8(17)18)23-24(20,21)12(13,14)15/h5H,6H2,1-4H3,(H,17,18)/p-1/t11-/m0/s1. The lowest BCUT2D eigenvalue weighted by Crippen LogP contribution is -2.57. The summed E-state index contributed by atoms with van der Waals surface area (Å²) in [6.07, 6.45) is -0.635. The molecular formula is C12H15F3NO7S-. The molecule has 0 fully saturated rings. The number of carboxylic acids is 1. The molecule has 12 heteroatoms. The monoisotopic (exact) mass is 374 g/mol. The number of amides is 1. The summed E-state index contributed by atoms with van der Waals surface area (Å²) < 4.78 is 67.9. The maximum atomic E-state index is 12.3. The van der Waals surface area contributed by atoms with E-state index in [-0.39, 0.29) is 0 Å². The Labute approximate surface area is 135 Å². The highest BCUT2D eigenvalue weighted by Gasteiger charge is 2.51. The summed E-state index contributed by atoms with van der Waals surface area (Å²) in [6.45, 7) is 4.53. The summed E-state index contributed by atoms with van der Waals surface area (Å²) in [5.41, 5.74) is -8.96. The molecule has 1 aliphatic rings. The van der Waals surface area contributed by atoms with E-state index in [9.17, 15) is 36.3 Å². The normalized spacial score (nSPS) is 22.1. The smallest absolute Gasteiger partial charge is 0.534 e. The first kappa shape index (κ1) is 20.1. The number of carbonyl (C=O) groups excluding carboxylic acids is 2. The molecule has 0 bridgehead atoms. The Morgan fingerprint density at radius 3 is 2.17 bits per heavy atom. The van der Waals surface area contributed by atoms with Crippen LogP contribution >= 0.6 is 0 Å². The van der Waals surface area contributed by atoms with Crippen molar-refractivity contribution >= 4 is 22.2 Å². The molecule has 0 radical (unpaired) electrons. The van der Waals surface area contributed by atoms with E-state index in [1.807, 2.05) is 0 Å². The van der Waals surface area contributed by atoms with Crippen molar-refractivity contribution in [3.05, 3.63) is 11.8 Å². The molecule has 1 aliphatic heterocycles. The maximum Gasteiger partial charge on any atom is 0.534 e. The Morgan fingerprint density at radius 1 is 1.29 bits per heavy atom. The van der Waals surface area contributed by atoms with Crippen molar-refractivity contribution in [1.82, 2.24) is 4.90 Å². The van der Waals surface area contributed by atoms with Gasteiger partial charge in [-0.25, -0.2) is 4.79 Å². The lowest BCUT2D eigenvalue weighted by atomic mass is 10.0. The third kappa shape index (κ3) is 4.10. The van der Waals surface area contributed by atoms with E-state index in [0.717, 1.165) is 6.92 Å². The number of aliphatic carboxylic acids is 1. The minimum Gasteiger partial charge on any atom is -0.547 e. The van der Waals surface area contributed by atoms with Crippen molar-refractivity contribution in [2.45, 2.75) is 44.3 Å². The second kappa shape index (κ2) is 5.83. The summed E-state index contributed by atoms with van der Waals surface area (Å²) in [4.78, 5) is 23.8. The summed E-state index contributed by atoms with van der Waals surface area (Å²) in [5, 5.41) is 11.3. The van der Waals surface area contributed by atoms with E-state index in [2.05, 4.69) is 4.18 Å². The van der Waals surface area contributed by atoms with Crippen LogP contribution in [-0.2, 0) is 23.8 Å². The number of alkyl halides is 3. The van der Waals surface area contributed by atoms with Gasteiger partial charge in [0.05, 0.1) is 12.5 Å². The first-order valence-corrected chi connectivity index (χ1v) is 7.85. The van der Waals surface area contributed by atoms with Crippen molar-refractivity contribution in [2.24, 2.45) is 0 Å². The molecule has 0 aromatic heterocycles. The van der Waals surface area contributed by atoms with E-state index < -0.39 is 51.1 Å². The highest BCUT2D eigenvalue weighted by atomic mass is 32.2. The largest absolute Gasteiger partial charge is 0.547 e. The Kier molecular flexibility index (Phi) is 4.87. The van der Waals surface area contributed by atoms with E-state index in [0.29, 0.717) is 11.0 Å². The van der Waals surface area contributed by atoms with Gasteiger partial charge in [-0.1, -0.05) is 0 Å². The first-order valence-electron chi connectivity index (χ1n) is 6.44. The molecule has 1 amide bonds. The molecule has 0 saturated carbocycles. The number of hydrogen-bond donors (Lipinski definition) is 0. The summed E-state index contributed by atoms with van der Waals surface area (Å²) in [5.74, 6) is -2.73. The third-order valence-corrected chi connectivity index (χ3v) is 3.84. The molecule has 1 atom stereocenters. The lowest BCUT2D eigenvalue weighted by Gasteiger charge is -2.35. The van der Waals surface area contributed by atoms with Crippen LogP contribution in [0.2, 0.25) is 0 Å². The van der Waals surface area contributed by atoms with Crippen LogP contribution in [0.15, 0.2) is 11.8 Å². The zero-order chi connectivity index (χ0) is 19.1. The molecular weight excluding hydrogens is 359 g/mol. The number of nitrogens with zero attached hydrogens (tertiary/aromatic N) is 1. The second-order valence-corrected chi connectivity index (χ2v) is 7.63. The fourth-order valence-electron chi connectivity index (χ4n) is 1.74. The van der Waals surface area contributed by atoms with Gasteiger partial charge in [-0.2, -0.15) is 21.6 Å². The van der Waals surface area contributed by atoms with E-state index in [1.165, 1.54) is 20.8 Å². The number of carbonyl (C=O) groups is 2. The highest BCUT2D eigenvalue weighted by molar-refractivity contribution is 7.87. The van der Waals surface area contributed by atoms with Gasteiger partial charge in [0.1, 0.15) is 16.9 Å². The van der Waals surface area contributed by atoms with Crippen molar-refractivity contribution < 1.29 is 45.2 Å². The maximum absolute atomic E-state index is 12.3. The van der Waals surface area contributed by atoms with Gasteiger partial charge in [-0.05, 0) is 33.8 Å². The van der Waals surface area contributed by atoms with Crippen LogP contribution in [0.3, 0.4) is 0 Å². The number of hydrogen-bond acceptors (Lipinski definition) is 7. The van der Waals surface area contributed by atoms with Gasteiger partial charge in [-0.3, -0.25) is 4.90 Å². The quantitative estimate of drug-likeness (QED) is 0.522. The minimum absolute atomic E-state index is 0.495. The fourth-order valence-corrected chi connectivity index (χ4v) is 2.21. The number of halogens is 3. The molecule has 1 heterocycles. The van der Waals surface area contributed by atoms with Crippen LogP contribution in [0.5, 0.6) is 0 Å². The highest BCUT2D eigenvalue weighted by Crippen LogP contribution is 2.33. The molecule has 0 aromatic carbocycles. The second-order valence-electron chi connectivity index (χ2n) is 6.10. The molecule has 24 heavy (non-hydrogen) atoms. The molecule has 0 spiro atoms. The van der Waals surface area contributed by atoms with Gasteiger partial charge in [0.2, 0.25) is 0 Å². The first-order chi connectivity index (χ1) is 10.5. The van der Waals surface area contributed by atoms with Gasteiger partial charge >= 0.3 is 21.7 Å². The van der Waals surface area contributed by atoms with Crippen LogP contribution in [0.4, 0.5) is 18.0 Å². The predicted molar refractivity (Wildman–Crippen MR) is 70.5 cm³/mol. The molecule has 1 rings (SSSR count). The van der Waals surface area contributed by atoms with Crippen LogP contribution in [-0.4, -0.2) is 48.6 Å². The predicted octanol–water partition coefficient (Wildman–Crippen LogP) is 0.496. The van der Waals surface area contributed by atoms with Crippen LogP contribution < -0.4 is 5.11 Å². The molecule has 0 N–H and O–H groups in total. The SMILES string of the molecule is CC(C)(C)OC(=O)N1CC(OS(=O)(=O)C(F)(F)F)=C[C@@]1(C)C(=O)[O-]. The van der Waals surface area contributed by atoms with Crippen molar-refractivity contribution in [1.29, 1.82) is 0 Å². The van der Waals surface area contributed by atoms with Crippen LogP contribution in [0.25, 0.3) is 0 Å². The van der Waals surface area contributed by atoms with Crippen LogP contribution in [0, 0.1) is 0 Å². The number of rotatable bonds is 3. The third-order valence-electron chi connectivity index (χ3n) is 2.84. The fraction of sp³-hybridized carbons (Fsp3) is 0.667.